The van der Waals surface area contributed by atoms with Gasteiger partial charge in [-0.25, -0.2) is 4.39 Å². The number of rotatable bonds is 2. The number of ether oxygens (including phenoxy) is 1. The number of halogens is 1. The Kier molecular flexibility index (Phi) is 3.08. The van der Waals surface area contributed by atoms with Gasteiger partial charge in [-0.15, -0.1) is 0 Å². The zero-order valence-corrected chi connectivity index (χ0v) is 9.13. The van der Waals surface area contributed by atoms with E-state index in [0.29, 0.717) is 0 Å². The van der Waals surface area contributed by atoms with E-state index in [4.69, 9.17) is 4.74 Å². The summed E-state index contributed by atoms with van der Waals surface area (Å²) in [5.74, 6) is -0.374. The molecule has 16 heavy (non-hydrogen) atoms. The summed E-state index contributed by atoms with van der Waals surface area (Å²) in [6.45, 7) is 0.730. The maximum atomic E-state index is 13.2. The Hall–Kier alpha value is -1.58. The lowest BCUT2D eigenvalue weighted by molar-refractivity contribution is -0.123. The van der Waals surface area contributed by atoms with Gasteiger partial charge in [-0.05, 0) is 30.5 Å². The highest BCUT2D eigenvalue weighted by atomic mass is 19.1. The highest BCUT2D eigenvalue weighted by Gasteiger charge is 2.24. The molecule has 0 aromatic heterocycles. The first-order chi connectivity index (χ1) is 7.72. The highest BCUT2D eigenvalue weighted by molar-refractivity contribution is 5.84. The van der Waals surface area contributed by atoms with Crippen molar-refractivity contribution in [3.8, 4) is 5.75 Å². The maximum Gasteiger partial charge on any atom is 0.227 e. The van der Waals surface area contributed by atoms with Crippen LogP contribution in [0.5, 0.6) is 5.75 Å². The summed E-state index contributed by atoms with van der Waals surface area (Å²) in [6.07, 6.45) is 1.76. The average Bonchev–Trinajstić information content (AvgIpc) is 2.31. The molecule has 1 aliphatic heterocycles. The number of nitrogens with one attached hydrogen (secondary N) is 1. The van der Waals surface area contributed by atoms with Crippen molar-refractivity contribution in [2.75, 3.05) is 13.7 Å². The lowest BCUT2D eigenvalue weighted by Gasteiger charge is -2.22. The van der Waals surface area contributed by atoms with Gasteiger partial charge in [0, 0.05) is 6.54 Å². The van der Waals surface area contributed by atoms with Crippen LogP contribution in [0.3, 0.4) is 0 Å². The predicted molar refractivity (Wildman–Crippen MR) is 57.9 cm³/mol. The quantitative estimate of drug-likeness (QED) is 0.830. The number of benzene rings is 1. The zero-order valence-electron chi connectivity index (χ0n) is 9.13. The van der Waals surface area contributed by atoms with Crippen LogP contribution < -0.4 is 10.1 Å². The van der Waals surface area contributed by atoms with E-state index in [0.717, 1.165) is 24.9 Å². The number of carbonyl (C=O) groups is 1. The van der Waals surface area contributed by atoms with Crippen molar-refractivity contribution < 1.29 is 13.9 Å². The molecule has 86 valence electrons. The maximum absolute atomic E-state index is 13.2. The molecule has 1 aromatic carbocycles. The lowest BCUT2D eigenvalue weighted by Crippen LogP contribution is -2.35. The third kappa shape index (κ3) is 2.01. The Balaban J connectivity index is 2.29. The van der Waals surface area contributed by atoms with E-state index in [1.165, 1.54) is 13.2 Å². The molecular weight excluding hydrogens is 209 g/mol. The van der Waals surface area contributed by atoms with Crippen LogP contribution in [0.2, 0.25) is 0 Å². The Morgan fingerprint density at radius 1 is 1.50 bits per heavy atom. The molecule has 0 saturated carbocycles. The number of hydrogen-bond acceptors (Lipinski definition) is 2. The molecule has 1 aliphatic rings. The van der Waals surface area contributed by atoms with Gasteiger partial charge in [0.05, 0.1) is 13.0 Å². The molecule has 0 radical (unpaired) electrons. The van der Waals surface area contributed by atoms with Crippen LogP contribution in [0.4, 0.5) is 4.39 Å². The average molecular weight is 223 g/mol. The molecule has 1 atom stereocenters. The van der Waals surface area contributed by atoms with Gasteiger partial charge in [-0.1, -0.05) is 6.07 Å². The molecule has 0 bridgehead atoms. The van der Waals surface area contributed by atoms with Crippen LogP contribution in [-0.4, -0.2) is 19.6 Å². The van der Waals surface area contributed by atoms with Crippen molar-refractivity contribution in [1.29, 1.82) is 0 Å². The second kappa shape index (κ2) is 4.51. The van der Waals surface area contributed by atoms with E-state index in [1.54, 1.807) is 12.1 Å². The van der Waals surface area contributed by atoms with Crippen LogP contribution in [-0.2, 0) is 4.79 Å². The normalized spacial score (nSPS) is 20.4. The van der Waals surface area contributed by atoms with Crippen molar-refractivity contribution in [2.45, 2.75) is 18.8 Å². The monoisotopic (exact) mass is 223 g/mol. The van der Waals surface area contributed by atoms with E-state index >= 15 is 0 Å². The summed E-state index contributed by atoms with van der Waals surface area (Å²) >= 11 is 0. The molecule has 1 heterocycles. The minimum Gasteiger partial charge on any atom is -0.494 e. The van der Waals surface area contributed by atoms with E-state index in [9.17, 15) is 9.18 Å². The van der Waals surface area contributed by atoms with Crippen molar-refractivity contribution in [3.63, 3.8) is 0 Å². The first-order valence-corrected chi connectivity index (χ1v) is 5.33. The summed E-state index contributed by atoms with van der Waals surface area (Å²) in [4.78, 5) is 11.6. The smallest absolute Gasteiger partial charge is 0.227 e. The van der Waals surface area contributed by atoms with Gasteiger partial charge in [0.1, 0.15) is 0 Å². The summed E-state index contributed by atoms with van der Waals surface area (Å²) in [5.41, 5.74) is 0.815. The first kappa shape index (κ1) is 10.9. The molecule has 1 fully saturated rings. The van der Waals surface area contributed by atoms with E-state index in [2.05, 4.69) is 5.32 Å². The van der Waals surface area contributed by atoms with Gasteiger partial charge in [0.15, 0.2) is 11.6 Å². The molecule has 0 spiro atoms. The van der Waals surface area contributed by atoms with Gasteiger partial charge >= 0.3 is 0 Å². The molecule has 4 heteroatoms. The summed E-state index contributed by atoms with van der Waals surface area (Å²) < 4.78 is 18.1. The third-order valence-electron chi connectivity index (χ3n) is 2.86. The molecule has 1 aromatic rings. The van der Waals surface area contributed by atoms with Gasteiger partial charge < -0.3 is 10.1 Å². The third-order valence-corrected chi connectivity index (χ3v) is 2.86. The fraction of sp³-hybridized carbons (Fsp3) is 0.417. The molecule has 0 aliphatic carbocycles. The largest absolute Gasteiger partial charge is 0.494 e. The van der Waals surface area contributed by atoms with Crippen LogP contribution in [0.1, 0.15) is 24.3 Å². The predicted octanol–water partition coefficient (Wildman–Crippen LogP) is 1.83. The zero-order chi connectivity index (χ0) is 11.5. The van der Waals surface area contributed by atoms with Crippen LogP contribution >= 0.6 is 0 Å². The fourth-order valence-electron chi connectivity index (χ4n) is 1.98. The van der Waals surface area contributed by atoms with Crippen molar-refractivity contribution in [2.24, 2.45) is 0 Å². The SMILES string of the molecule is COc1cc(C2CCCNC2=O)ccc1F. The Labute approximate surface area is 93.6 Å². The van der Waals surface area contributed by atoms with Gasteiger partial charge in [0.2, 0.25) is 5.91 Å². The Morgan fingerprint density at radius 3 is 3.00 bits per heavy atom. The fourth-order valence-corrected chi connectivity index (χ4v) is 1.98. The van der Waals surface area contributed by atoms with E-state index < -0.39 is 5.82 Å². The van der Waals surface area contributed by atoms with Crippen LogP contribution in [0.25, 0.3) is 0 Å². The van der Waals surface area contributed by atoms with E-state index in [-0.39, 0.29) is 17.6 Å². The van der Waals surface area contributed by atoms with Gasteiger partial charge in [-0.3, -0.25) is 4.79 Å². The second-order valence-corrected chi connectivity index (χ2v) is 3.88. The molecule has 1 unspecified atom stereocenters. The van der Waals surface area contributed by atoms with Crippen molar-refractivity contribution in [3.05, 3.63) is 29.6 Å². The van der Waals surface area contributed by atoms with E-state index in [1.807, 2.05) is 0 Å². The lowest BCUT2D eigenvalue weighted by atomic mass is 9.91. The van der Waals surface area contributed by atoms with Gasteiger partial charge in [0.25, 0.3) is 0 Å². The Morgan fingerprint density at radius 2 is 2.31 bits per heavy atom. The Bertz CT molecular complexity index is 406. The number of amides is 1. The molecular formula is C12H14FNO2. The number of piperidine rings is 1. The van der Waals surface area contributed by atoms with Crippen LogP contribution in [0.15, 0.2) is 18.2 Å². The number of carbonyl (C=O) groups excluding carboxylic acids is 1. The minimum atomic E-state index is -0.400. The standard InChI is InChI=1S/C12H14FNO2/c1-16-11-7-8(4-5-10(11)13)9-3-2-6-14-12(9)15/h4-5,7,9H,2-3,6H2,1H3,(H,14,15). The topological polar surface area (TPSA) is 38.3 Å². The van der Waals surface area contributed by atoms with Crippen LogP contribution in [0, 0.1) is 5.82 Å². The summed E-state index contributed by atoms with van der Waals surface area (Å²) in [7, 11) is 1.42. The number of hydrogen-bond donors (Lipinski definition) is 1. The van der Waals surface area contributed by atoms with Crippen molar-refractivity contribution in [1.82, 2.24) is 5.32 Å². The summed E-state index contributed by atoms with van der Waals surface area (Å²) in [6, 6.07) is 4.59. The molecule has 1 N–H and O–H groups in total. The molecule has 2 rings (SSSR count). The highest BCUT2D eigenvalue weighted by Crippen LogP contribution is 2.28. The molecule has 3 nitrogen and oxygen atoms in total. The van der Waals surface area contributed by atoms with Crippen molar-refractivity contribution >= 4 is 5.91 Å². The summed E-state index contributed by atoms with van der Waals surface area (Å²) in [5, 5.41) is 2.81. The second-order valence-electron chi connectivity index (χ2n) is 3.88. The minimum absolute atomic E-state index is 0.0138. The number of methoxy groups -OCH3 is 1. The van der Waals surface area contributed by atoms with Gasteiger partial charge in [-0.2, -0.15) is 0 Å². The molecule has 1 amide bonds. The first-order valence-electron chi connectivity index (χ1n) is 5.33. The molecule has 1 saturated heterocycles.